The Balaban J connectivity index is 1.54. The molecule has 2 aromatic carbocycles. The zero-order valence-electron chi connectivity index (χ0n) is 23.2. The van der Waals surface area contributed by atoms with Crippen molar-refractivity contribution >= 4 is 34.4 Å². The summed E-state index contributed by atoms with van der Waals surface area (Å²) in [6, 6.07) is 8.87. The van der Waals surface area contributed by atoms with Crippen LogP contribution in [-0.2, 0) is 4.79 Å². The van der Waals surface area contributed by atoms with Gasteiger partial charge in [0.25, 0.3) is 0 Å². The van der Waals surface area contributed by atoms with Gasteiger partial charge in [0, 0.05) is 30.1 Å². The van der Waals surface area contributed by atoms with Crippen LogP contribution in [0.1, 0.15) is 26.7 Å². The predicted octanol–water partition coefficient (Wildman–Crippen LogP) is 3.83. The lowest BCUT2D eigenvalue weighted by Crippen LogP contribution is -2.41. The smallest absolute Gasteiger partial charge is 0.240 e. The number of primary amides is 1. The van der Waals surface area contributed by atoms with Gasteiger partial charge < -0.3 is 39.5 Å². The lowest BCUT2D eigenvalue weighted by atomic mass is 10.2. The number of ether oxygens (including phenoxy) is 4. The number of imidazole rings is 1. The van der Waals surface area contributed by atoms with Crippen LogP contribution in [0.5, 0.6) is 23.0 Å². The van der Waals surface area contributed by atoms with Gasteiger partial charge in [-0.3, -0.25) is 4.79 Å². The number of nitrogens with zero attached hydrogens (tertiary/aromatic N) is 5. The average Bonchev–Trinajstić information content (AvgIpc) is 3.62. The largest absolute Gasteiger partial charge is 0.493 e. The van der Waals surface area contributed by atoms with Crippen molar-refractivity contribution in [2.75, 3.05) is 38.1 Å². The van der Waals surface area contributed by atoms with Crippen LogP contribution < -0.4 is 34.9 Å². The molecule has 210 valence electrons. The molecule has 1 saturated heterocycles. The normalized spacial score (nSPS) is 14.9. The monoisotopic (exact) mass is 547 g/mol. The first-order chi connectivity index (χ1) is 19.3. The molecular weight excluding hydrogens is 514 g/mol. The third-order valence-corrected chi connectivity index (χ3v) is 6.64. The van der Waals surface area contributed by atoms with Crippen LogP contribution in [0.25, 0.3) is 16.6 Å². The number of nitrogens with one attached hydrogen (secondary N) is 1. The highest BCUT2D eigenvalue weighted by Crippen LogP contribution is 2.39. The minimum absolute atomic E-state index is 0.00773. The van der Waals surface area contributed by atoms with E-state index in [-0.39, 0.29) is 6.10 Å². The number of benzene rings is 2. The third kappa shape index (κ3) is 5.24. The Bertz CT molecular complexity index is 1510. The molecule has 1 unspecified atom stereocenters. The SMILES string of the molecule is COc1cc(-n2cnc(Nc3nc(N4CCCC4C(N)=O)nc4cc(OC(C)C)ccc34)c2)cc(OC)c1OC. The van der Waals surface area contributed by atoms with Gasteiger partial charge in [0.15, 0.2) is 11.5 Å². The molecule has 12 nitrogen and oxygen atoms in total. The highest BCUT2D eigenvalue weighted by molar-refractivity contribution is 5.93. The van der Waals surface area contributed by atoms with E-state index in [9.17, 15) is 4.79 Å². The van der Waals surface area contributed by atoms with E-state index >= 15 is 0 Å². The number of carbonyl (C=O) groups is 1. The van der Waals surface area contributed by atoms with Crippen LogP contribution >= 0.6 is 0 Å². The fourth-order valence-electron chi connectivity index (χ4n) is 4.83. The van der Waals surface area contributed by atoms with E-state index < -0.39 is 11.9 Å². The Morgan fingerprint density at radius 3 is 2.48 bits per heavy atom. The van der Waals surface area contributed by atoms with Crippen molar-refractivity contribution in [1.29, 1.82) is 0 Å². The van der Waals surface area contributed by atoms with Crippen molar-refractivity contribution in [2.45, 2.75) is 38.8 Å². The summed E-state index contributed by atoms with van der Waals surface area (Å²) in [5.74, 6) is 3.37. The number of methoxy groups -OCH3 is 3. The third-order valence-electron chi connectivity index (χ3n) is 6.64. The fraction of sp³-hybridized carbons (Fsp3) is 0.357. The molecule has 0 spiro atoms. The molecule has 0 aliphatic carbocycles. The number of rotatable bonds is 10. The van der Waals surface area contributed by atoms with Crippen molar-refractivity contribution in [3.8, 4) is 28.7 Å². The predicted molar refractivity (Wildman–Crippen MR) is 151 cm³/mol. The van der Waals surface area contributed by atoms with Gasteiger partial charge >= 0.3 is 0 Å². The molecule has 0 saturated carbocycles. The number of aromatic nitrogens is 4. The van der Waals surface area contributed by atoms with Crippen molar-refractivity contribution in [3.63, 3.8) is 0 Å². The highest BCUT2D eigenvalue weighted by Gasteiger charge is 2.31. The summed E-state index contributed by atoms with van der Waals surface area (Å²) in [5, 5.41) is 4.11. The molecule has 12 heteroatoms. The maximum atomic E-state index is 12.1. The van der Waals surface area contributed by atoms with Crippen LogP contribution in [0.4, 0.5) is 17.6 Å². The van der Waals surface area contributed by atoms with Gasteiger partial charge in [-0.2, -0.15) is 4.98 Å². The summed E-state index contributed by atoms with van der Waals surface area (Å²) in [6.07, 6.45) is 4.99. The minimum atomic E-state index is -0.459. The fourth-order valence-corrected chi connectivity index (χ4v) is 4.83. The van der Waals surface area contributed by atoms with Gasteiger partial charge in [-0.1, -0.05) is 0 Å². The van der Waals surface area contributed by atoms with Crippen LogP contribution in [0, 0.1) is 0 Å². The summed E-state index contributed by atoms with van der Waals surface area (Å²) in [5.41, 5.74) is 7.12. The standard InChI is InChI=1S/C28H33N7O5/c1-16(2)40-18-8-9-19-20(13-18)31-28(35-10-6-7-21(35)26(29)36)33-27(19)32-24-14-34(15-30-24)17-11-22(37-3)25(39-5)23(12-17)38-4/h8-9,11-16,21H,6-7,10H2,1-5H3,(H2,29,36)(H,31,32,33). The lowest BCUT2D eigenvalue weighted by Gasteiger charge is -2.23. The number of nitrogens with two attached hydrogens (primary N) is 1. The number of fused-ring (bicyclic) bond motifs is 1. The average molecular weight is 548 g/mol. The van der Waals surface area contributed by atoms with Crippen LogP contribution in [0.15, 0.2) is 42.9 Å². The number of amides is 1. The van der Waals surface area contributed by atoms with Crippen molar-refractivity contribution in [1.82, 2.24) is 19.5 Å². The molecule has 3 heterocycles. The second-order valence-electron chi connectivity index (χ2n) is 9.65. The van der Waals surface area contributed by atoms with Crippen LogP contribution in [0.2, 0.25) is 0 Å². The highest BCUT2D eigenvalue weighted by atomic mass is 16.5. The molecule has 1 fully saturated rings. The van der Waals surface area contributed by atoms with E-state index in [4.69, 9.17) is 34.6 Å². The molecule has 2 aromatic heterocycles. The maximum absolute atomic E-state index is 12.1. The first-order valence-electron chi connectivity index (χ1n) is 13.0. The Kier molecular flexibility index (Phi) is 7.50. The van der Waals surface area contributed by atoms with E-state index in [1.54, 1.807) is 27.7 Å². The topological polar surface area (TPSA) is 139 Å². The molecule has 1 aliphatic heterocycles. The molecule has 0 radical (unpaired) electrons. The lowest BCUT2D eigenvalue weighted by molar-refractivity contribution is -0.119. The summed E-state index contributed by atoms with van der Waals surface area (Å²) < 4.78 is 24.1. The molecule has 1 atom stereocenters. The van der Waals surface area contributed by atoms with Gasteiger partial charge in [-0.15, -0.1) is 0 Å². The first-order valence-corrected chi connectivity index (χ1v) is 13.0. The number of carbonyl (C=O) groups excluding carboxylic acids is 1. The van der Waals surface area contributed by atoms with Crippen LogP contribution in [0.3, 0.4) is 0 Å². The summed E-state index contributed by atoms with van der Waals surface area (Å²) in [6.45, 7) is 4.57. The second-order valence-corrected chi connectivity index (χ2v) is 9.65. The molecule has 5 rings (SSSR count). The van der Waals surface area contributed by atoms with Gasteiger partial charge in [0.1, 0.15) is 29.8 Å². The molecular formula is C28H33N7O5. The van der Waals surface area contributed by atoms with Crippen molar-refractivity contribution in [2.24, 2.45) is 5.73 Å². The molecule has 3 N–H and O–H groups in total. The zero-order valence-corrected chi connectivity index (χ0v) is 23.2. The van der Waals surface area contributed by atoms with Gasteiger partial charge in [0.05, 0.1) is 44.8 Å². The summed E-state index contributed by atoms with van der Waals surface area (Å²) >= 11 is 0. The first kappa shape index (κ1) is 26.9. The van der Waals surface area contributed by atoms with Crippen molar-refractivity contribution in [3.05, 3.63) is 42.9 Å². The maximum Gasteiger partial charge on any atom is 0.240 e. The molecule has 0 bridgehead atoms. The van der Waals surface area contributed by atoms with Gasteiger partial charge in [0.2, 0.25) is 17.6 Å². The zero-order chi connectivity index (χ0) is 28.4. The van der Waals surface area contributed by atoms with Crippen LogP contribution in [-0.4, -0.2) is 65.4 Å². The van der Waals surface area contributed by atoms with E-state index in [1.807, 2.05) is 59.8 Å². The van der Waals surface area contributed by atoms with Gasteiger partial charge in [-0.25, -0.2) is 9.97 Å². The van der Waals surface area contributed by atoms with E-state index in [2.05, 4.69) is 10.3 Å². The quantitative estimate of drug-likeness (QED) is 0.301. The number of hydrogen-bond acceptors (Lipinski definition) is 10. The molecule has 40 heavy (non-hydrogen) atoms. The molecule has 4 aromatic rings. The Morgan fingerprint density at radius 2 is 1.82 bits per heavy atom. The number of anilines is 3. The van der Waals surface area contributed by atoms with E-state index in [1.165, 1.54) is 0 Å². The molecule has 1 aliphatic rings. The van der Waals surface area contributed by atoms with E-state index in [0.29, 0.717) is 59.1 Å². The van der Waals surface area contributed by atoms with Gasteiger partial charge in [-0.05, 0) is 38.8 Å². The Hall–Kier alpha value is -4.74. The summed E-state index contributed by atoms with van der Waals surface area (Å²) in [4.78, 5) is 28.1. The number of hydrogen-bond donors (Lipinski definition) is 2. The van der Waals surface area contributed by atoms with E-state index in [0.717, 1.165) is 17.5 Å². The van der Waals surface area contributed by atoms with Crippen molar-refractivity contribution < 1.29 is 23.7 Å². The Morgan fingerprint density at radius 1 is 1.07 bits per heavy atom. The summed E-state index contributed by atoms with van der Waals surface area (Å²) in [7, 11) is 4.70. The minimum Gasteiger partial charge on any atom is -0.493 e. The molecule has 1 amide bonds. The Labute approximate surface area is 232 Å². The second kappa shape index (κ2) is 11.2.